The maximum atomic E-state index is 12.2. The normalized spacial score (nSPS) is 12.1. The van der Waals surface area contributed by atoms with Crippen molar-refractivity contribution in [2.45, 2.75) is 4.90 Å². The number of nitrogens with zero attached hydrogens (tertiary/aromatic N) is 1. The number of nitrogens with two attached hydrogens (primary N) is 1. The van der Waals surface area contributed by atoms with Gasteiger partial charge in [0.05, 0.1) is 22.3 Å². The van der Waals surface area contributed by atoms with Crippen molar-refractivity contribution >= 4 is 38.9 Å². The monoisotopic (exact) mass is 312 g/mol. The summed E-state index contributed by atoms with van der Waals surface area (Å²) in [5.74, 6) is 0. The van der Waals surface area contributed by atoms with Crippen LogP contribution in [0.5, 0.6) is 0 Å². The molecule has 0 aliphatic heterocycles. The van der Waals surface area contributed by atoms with Crippen molar-refractivity contribution in [2.24, 2.45) is 0 Å². The Balaban J connectivity index is 3.17. The Labute approximate surface area is 116 Å². The predicted molar refractivity (Wildman–Crippen MR) is 72.6 cm³/mol. The number of anilines is 1. The molecule has 1 rings (SSSR count). The summed E-state index contributed by atoms with van der Waals surface area (Å²) in [6.45, 7) is 0.508. The smallest absolute Gasteiger partial charge is 0.244 e. The molecule has 0 saturated carbocycles. The van der Waals surface area contributed by atoms with Crippen molar-refractivity contribution in [1.29, 1.82) is 0 Å². The maximum Gasteiger partial charge on any atom is 0.244 e. The molecule has 1 aromatic rings. The van der Waals surface area contributed by atoms with Crippen LogP contribution in [-0.4, -0.2) is 40.0 Å². The van der Waals surface area contributed by atoms with Gasteiger partial charge < -0.3 is 10.5 Å². The van der Waals surface area contributed by atoms with E-state index in [0.717, 1.165) is 4.31 Å². The highest BCUT2D eigenvalue weighted by atomic mass is 35.5. The minimum atomic E-state index is -3.70. The first kappa shape index (κ1) is 15.5. The molecule has 5 nitrogen and oxygen atoms in total. The third-order valence-electron chi connectivity index (χ3n) is 2.39. The van der Waals surface area contributed by atoms with Crippen LogP contribution in [0.1, 0.15) is 0 Å². The van der Waals surface area contributed by atoms with Crippen molar-refractivity contribution in [3.8, 4) is 0 Å². The third-order valence-corrected chi connectivity index (χ3v) is 5.14. The Morgan fingerprint density at radius 2 is 2.00 bits per heavy atom. The second kappa shape index (κ2) is 6.08. The summed E-state index contributed by atoms with van der Waals surface area (Å²) in [6.07, 6.45) is 0. The van der Waals surface area contributed by atoms with E-state index in [2.05, 4.69) is 0 Å². The van der Waals surface area contributed by atoms with Crippen LogP contribution in [0.15, 0.2) is 17.0 Å². The van der Waals surface area contributed by atoms with E-state index in [1.54, 1.807) is 0 Å². The molecule has 0 bridgehead atoms. The van der Waals surface area contributed by atoms with Crippen LogP contribution < -0.4 is 5.73 Å². The standard InChI is InChI=1S/C10H14Cl2N2O3S/c1-14(5-6-17-2)18(15,16)8-4-3-7(11)10(13)9(8)12/h3-4H,5-6,13H2,1-2H3. The van der Waals surface area contributed by atoms with Gasteiger partial charge in [0.1, 0.15) is 4.90 Å². The van der Waals surface area contributed by atoms with E-state index >= 15 is 0 Å². The lowest BCUT2D eigenvalue weighted by Gasteiger charge is -2.18. The van der Waals surface area contributed by atoms with Crippen LogP contribution >= 0.6 is 23.2 Å². The molecule has 102 valence electrons. The quantitative estimate of drug-likeness (QED) is 0.842. The lowest BCUT2D eigenvalue weighted by Crippen LogP contribution is -2.30. The van der Waals surface area contributed by atoms with Gasteiger partial charge in [-0.05, 0) is 12.1 Å². The molecule has 0 heterocycles. The molecule has 18 heavy (non-hydrogen) atoms. The van der Waals surface area contributed by atoms with Crippen LogP contribution in [0.25, 0.3) is 0 Å². The first-order valence-electron chi connectivity index (χ1n) is 5.01. The van der Waals surface area contributed by atoms with Gasteiger partial charge in [0.15, 0.2) is 0 Å². The first-order chi connectivity index (χ1) is 8.32. The molecule has 0 amide bonds. The highest BCUT2D eigenvalue weighted by molar-refractivity contribution is 7.89. The van der Waals surface area contributed by atoms with Gasteiger partial charge >= 0.3 is 0 Å². The van der Waals surface area contributed by atoms with Crippen LogP contribution in [0.4, 0.5) is 5.69 Å². The summed E-state index contributed by atoms with van der Waals surface area (Å²) in [4.78, 5) is -0.0651. The lowest BCUT2D eigenvalue weighted by molar-refractivity contribution is 0.185. The summed E-state index contributed by atoms with van der Waals surface area (Å²) < 4.78 is 30.4. The van der Waals surface area contributed by atoms with Gasteiger partial charge in [-0.3, -0.25) is 0 Å². The third kappa shape index (κ3) is 3.07. The molecule has 0 aliphatic carbocycles. The van der Waals surface area contributed by atoms with Gasteiger partial charge in [0.2, 0.25) is 10.0 Å². The number of hydrogen-bond acceptors (Lipinski definition) is 4. The molecule has 0 aromatic heterocycles. The number of ether oxygens (including phenoxy) is 1. The van der Waals surface area contributed by atoms with E-state index in [4.69, 9.17) is 33.7 Å². The molecule has 0 fully saturated rings. The predicted octanol–water partition coefficient (Wildman–Crippen LogP) is 1.84. The van der Waals surface area contributed by atoms with E-state index in [1.165, 1.54) is 26.3 Å². The molecule has 0 unspecified atom stereocenters. The lowest BCUT2D eigenvalue weighted by atomic mass is 10.3. The number of nitrogen functional groups attached to an aromatic ring is 1. The second-order valence-electron chi connectivity index (χ2n) is 3.59. The van der Waals surface area contributed by atoms with Crippen LogP contribution in [0.3, 0.4) is 0 Å². The van der Waals surface area contributed by atoms with Gasteiger partial charge in [-0.15, -0.1) is 0 Å². The van der Waals surface area contributed by atoms with Gasteiger partial charge in [0.25, 0.3) is 0 Å². The summed E-state index contributed by atoms with van der Waals surface area (Å²) in [5.41, 5.74) is 5.66. The summed E-state index contributed by atoms with van der Waals surface area (Å²) in [7, 11) is -0.765. The zero-order valence-corrected chi connectivity index (χ0v) is 12.3. The second-order valence-corrected chi connectivity index (χ2v) is 6.39. The Hall–Kier alpha value is -0.530. The van der Waals surface area contributed by atoms with E-state index in [0.29, 0.717) is 0 Å². The minimum Gasteiger partial charge on any atom is -0.396 e. The maximum absolute atomic E-state index is 12.2. The summed E-state index contributed by atoms with van der Waals surface area (Å²) in [6, 6.07) is 2.74. The van der Waals surface area contributed by atoms with Gasteiger partial charge in [-0.1, -0.05) is 23.2 Å². The van der Waals surface area contributed by atoms with E-state index in [9.17, 15) is 8.42 Å². The molecule has 2 N–H and O–H groups in total. The fraction of sp³-hybridized carbons (Fsp3) is 0.400. The van der Waals surface area contributed by atoms with Crippen molar-refractivity contribution in [1.82, 2.24) is 4.31 Å². The van der Waals surface area contributed by atoms with E-state index < -0.39 is 10.0 Å². The fourth-order valence-electron chi connectivity index (χ4n) is 1.26. The van der Waals surface area contributed by atoms with Gasteiger partial charge in [-0.25, -0.2) is 8.42 Å². The summed E-state index contributed by atoms with van der Waals surface area (Å²) in [5, 5.41) is 0.158. The highest BCUT2D eigenvalue weighted by Crippen LogP contribution is 2.34. The molecular weight excluding hydrogens is 299 g/mol. The fourth-order valence-corrected chi connectivity index (χ4v) is 3.15. The molecule has 0 aliphatic rings. The number of methoxy groups -OCH3 is 1. The Morgan fingerprint density at radius 1 is 1.39 bits per heavy atom. The van der Waals surface area contributed by atoms with Crippen molar-refractivity contribution < 1.29 is 13.2 Å². The number of halogens is 2. The SMILES string of the molecule is COCCN(C)S(=O)(=O)c1ccc(Cl)c(N)c1Cl. The molecule has 0 spiro atoms. The molecular formula is C10H14Cl2N2O3S. The van der Waals surface area contributed by atoms with E-state index in [1.807, 2.05) is 0 Å². The van der Waals surface area contributed by atoms with Crippen molar-refractivity contribution in [3.05, 3.63) is 22.2 Å². The Bertz CT molecular complexity index is 534. The van der Waals surface area contributed by atoms with Crippen molar-refractivity contribution in [3.63, 3.8) is 0 Å². The van der Waals surface area contributed by atoms with Crippen LogP contribution in [0, 0.1) is 0 Å². The highest BCUT2D eigenvalue weighted by Gasteiger charge is 2.25. The zero-order valence-electron chi connectivity index (χ0n) is 9.98. The molecule has 0 atom stereocenters. The zero-order chi connectivity index (χ0) is 13.9. The minimum absolute atomic E-state index is 0.0551. The largest absolute Gasteiger partial charge is 0.396 e. The van der Waals surface area contributed by atoms with Gasteiger partial charge in [-0.2, -0.15) is 4.31 Å². The first-order valence-corrected chi connectivity index (χ1v) is 7.20. The average Bonchev–Trinajstić information content (AvgIpc) is 2.32. The topological polar surface area (TPSA) is 72.6 Å². The van der Waals surface area contributed by atoms with Crippen molar-refractivity contribution in [2.75, 3.05) is 33.0 Å². The molecule has 0 saturated heterocycles. The molecule has 8 heteroatoms. The Kier molecular flexibility index (Phi) is 5.24. The molecule has 0 radical (unpaired) electrons. The number of sulfonamides is 1. The van der Waals surface area contributed by atoms with Crippen LogP contribution in [0.2, 0.25) is 10.0 Å². The van der Waals surface area contributed by atoms with Gasteiger partial charge in [0, 0.05) is 20.7 Å². The Morgan fingerprint density at radius 3 is 2.56 bits per heavy atom. The number of likely N-dealkylation sites (N-methyl/N-ethyl adjacent to an activating group) is 1. The average molecular weight is 313 g/mol. The van der Waals surface area contributed by atoms with Crippen LogP contribution in [-0.2, 0) is 14.8 Å². The molecule has 1 aromatic carbocycles. The number of hydrogen-bond donors (Lipinski definition) is 1. The van der Waals surface area contributed by atoms with E-state index in [-0.39, 0.29) is 33.8 Å². The summed E-state index contributed by atoms with van der Waals surface area (Å²) >= 11 is 11.7. The number of benzene rings is 1. The number of rotatable bonds is 5.